The Morgan fingerprint density at radius 3 is 2.92 bits per heavy atom. The van der Waals surface area contributed by atoms with E-state index in [9.17, 15) is 18.3 Å². The molecule has 2 heterocycles. The van der Waals surface area contributed by atoms with Crippen molar-refractivity contribution in [3.63, 3.8) is 0 Å². The summed E-state index contributed by atoms with van der Waals surface area (Å²) in [6, 6.07) is 9.17. The third kappa shape index (κ3) is 6.78. The van der Waals surface area contributed by atoms with E-state index in [-0.39, 0.29) is 18.4 Å². The molecule has 0 aliphatic heterocycles. The number of halogens is 1. The van der Waals surface area contributed by atoms with Gasteiger partial charge >= 0.3 is 10.3 Å². The lowest BCUT2D eigenvalue weighted by molar-refractivity contribution is 0.101. The van der Waals surface area contributed by atoms with Crippen LogP contribution in [-0.4, -0.2) is 55.1 Å². The molecule has 3 atom stereocenters. The van der Waals surface area contributed by atoms with Crippen LogP contribution in [0.2, 0.25) is 5.02 Å². The molecular formula is C23H26ClN5O5S2. The van der Waals surface area contributed by atoms with Crippen LogP contribution in [0.15, 0.2) is 48.2 Å². The van der Waals surface area contributed by atoms with Crippen molar-refractivity contribution in [3.8, 4) is 0 Å². The third-order valence-corrected chi connectivity index (χ3v) is 7.63. The van der Waals surface area contributed by atoms with Gasteiger partial charge in [-0.25, -0.2) is 15.1 Å². The summed E-state index contributed by atoms with van der Waals surface area (Å²) in [7, 11) is -2.13. The summed E-state index contributed by atoms with van der Waals surface area (Å²) in [4.78, 5) is 24.2. The highest BCUT2D eigenvalue weighted by molar-refractivity contribution is 7.84. The highest BCUT2D eigenvalue weighted by Gasteiger charge is 2.34. The number of carbonyl (C=O) groups excluding carboxylic acids is 1. The monoisotopic (exact) mass is 551 g/mol. The predicted octanol–water partition coefficient (Wildman–Crippen LogP) is 2.83. The molecule has 0 spiro atoms. The zero-order valence-corrected chi connectivity index (χ0v) is 21.8. The Kier molecular flexibility index (Phi) is 8.23. The van der Waals surface area contributed by atoms with Crippen LogP contribution in [0.25, 0.3) is 0 Å². The van der Waals surface area contributed by atoms with Gasteiger partial charge in [-0.2, -0.15) is 8.42 Å². The first kappa shape index (κ1) is 26.5. The maximum atomic E-state index is 13.3. The zero-order chi connectivity index (χ0) is 25.9. The average Bonchev–Trinajstić information content (AvgIpc) is 3.43. The second kappa shape index (κ2) is 11.2. The van der Waals surface area contributed by atoms with Crippen molar-refractivity contribution in [1.82, 2.24) is 9.97 Å². The molecule has 0 saturated heterocycles. The van der Waals surface area contributed by atoms with Gasteiger partial charge in [-0.05, 0) is 48.1 Å². The predicted molar refractivity (Wildman–Crippen MR) is 139 cm³/mol. The molecule has 4 rings (SSSR count). The molecule has 0 radical (unpaired) electrons. The van der Waals surface area contributed by atoms with Gasteiger partial charge in [0.25, 0.3) is 0 Å². The quantitative estimate of drug-likeness (QED) is 0.323. The Morgan fingerprint density at radius 1 is 1.36 bits per heavy atom. The van der Waals surface area contributed by atoms with E-state index in [2.05, 4.69) is 19.5 Å². The van der Waals surface area contributed by atoms with E-state index >= 15 is 0 Å². The number of nitrogens with one attached hydrogen (secondary N) is 1. The first-order chi connectivity index (χ1) is 17.1. The molecule has 0 unspecified atom stereocenters. The summed E-state index contributed by atoms with van der Waals surface area (Å²) in [5, 5.41) is 21.0. The molecule has 1 saturated carbocycles. The number of thiophene rings is 1. The Hall–Kier alpha value is -2.61. The first-order valence-electron chi connectivity index (χ1n) is 11.1. The number of rotatable bonds is 10. The molecule has 36 heavy (non-hydrogen) atoms. The van der Waals surface area contributed by atoms with E-state index in [0.29, 0.717) is 40.7 Å². The fourth-order valence-corrected chi connectivity index (χ4v) is 5.58. The van der Waals surface area contributed by atoms with Crippen LogP contribution in [0.5, 0.6) is 0 Å². The largest absolute Gasteiger partial charge is 0.393 e. The molecule has 4 N–H and O–H groups in total. The van der Waals surface area contributed by atoms with Crippen LogP contribution in [0, 0.1) is 5.92 Å². The van der Waals surface area contributed by atoms with E-state index in [1.807, 2.05) is 47.7 Å². The minimum atomic E-state index is -4.09. The van der Waals surface area contributed by atoms with E-state index in [0.717, 1.165) is 11.3 Å². The van der Waals surface area contributed by atoms with Gasteiger partial charge < -0.3 is 15.3 Å². The highest BCUT2D eigenvalue weighted by Crippen LogP contribution is 2.31. The molecule has 10 nitrogen and oxygen atoms in total. The summed E-state index contributed by atoms with van der Waals surface area (Å²) < 4.78 is 26.8. The van der Waals surface area contributed by atoms with Crippen molar-refractivity contribution in [2.75, 3.05) is 23.9 Å². The second-order valence-corrected chi connectivity index (χ2v) is 11.3. The molecule has 0 bridgehead atoms. The van der Waals surface area contributed by atoms with Crippen LogP contribution in [0.4, 0.5) is 11.5 Å². The summed E-state index contributed by atoms with van der Waals surface area (Å²) in [6.07, 6.45) is 2.79. The normalized spacial score (nSPS) is 19.8. The molecule has 13 heteroatoms. The van der Waals surface area contributed by atoms with E-state index in [1.54, 1.807) is 0 Å². The zero-order valence-electron chi connectivity index (χ0n) is 19.4. The first-order valence-corrected chi connectivity index (χ1v) is 13.8. The van der Waals surface area contributed by atoms with Crippen molar-refractivity contribution in [1.29, 1.82) is 0 Å². The lowest BCUT2D eigenvalue weighted by Gasteiger charge is -2.18. The fraction of sp³-hybridized carbons (Fsp3) is 0.348. The molecule has 192 valence electrons. The number of aromatic nitrogens is 2. The van der Waals surface area contributed by atoms with Gasteiger partial charge in [-0.15, -0.1) is 11.3 Å². The second-order valence-electron chi connectivity index (χ2n) is 8.69. The van der Waals surface area contributed by atoms with Crippen molar-refractivity contribution >= 4 is 50.5 Å². The van der Waals surface area contributed by atoms with Gasteiger partial charge in [-0.1, -0.05) is 17.7 Å². The maximum Gasteiger partial charge on any atom is 0.333 e. The van der Waals surface area contributed by atoms with Crippen molar-refractivity contribution in [2.45, 2.75) is 31.5 Å². The minimum absolute atomic E-state index is 0.213. The Bertz CT molecular complexity index is 1340. The number of aliphatic hydroxyl groups excluding tert-OH is 1. The third-order valence-electron chi connectivity index (χ3n) is 5.95. The van der Waals surface area contributed by atoms with Crippen LogP contribution < -0.4 is 15.4 Å². The van der Waals surface area contributed by atoms with E-state index in [1.165, 1.54) is 23.9 Å². The number of nitrogens with zero attached hydrogens (tertiary/aromatic N) is 3. The van der Waals surface area contributed by atoms with Gasteiger partial charge in [0.1, 0.15) is 12.1 Å². The Morgan fingerprint density at radius 2 is 2.17 bits per heavy atom. The Labute approximate surface area is 218 Å². The summed E-state index contributed by atoms with van der Waals surface area (Å²) >= 11 is 7.44. The Balaban J connectivity index is 1.43. The molecule has 1 aromatic carbocycles. The van der Waals surface area contributed by atoms with Gasteiger partial charge in [0.15, 0.2) is 0 Å². The van der Waals surface area contributed by atoms with Crippen LogP contribution in [-0.2, 0) is 21.0 Å². The number of nitrogens with two attached hydrogens (primary N) is 1. The van der Waals surface area contributed by atoms with E-state index < -0.39 is 22.3 Å². The van der Waals surface area contributed by atoms with Crippen LogP contribution >= 0.6 is 22.9 Å². The lowest BCUT2D eigenvalue weighted by atomic mass is 10.1. The van der Waals surface area contributed by atoms with Gasteiger partial charge in [-0.3, -0.25) is 8.98 Å². The number of hydrogen-bond donors (Lipinski definition) is 3. The molecule has 0 amide bonds. The number of benzene rings is 1. The molecule has 1 aliphatic rings. The highest BCUT2D eigenvalue weighted by atomic mass is 35.5. The van der Waals surface area contributed by atoms with Gasteiger partial charge in [0.2, 0.25) is 5.78 Å². The molecule has 1 fully saturated rings. The van der Waals surface area contributed by atoms with Crippen molar-refractivity contribution in [2.24, 2.45) is 11.1 Å². The number of anilines is 2. The smallest absolute Gasteiger partial charge is 0.333 e. The summed E-state index contributed by atoms with van der Waals surface area (Å²) in [5.41, 5.74) is 2.26. The van der Waals surface area contributed by atoms with Crippen LogP contribution in [0.1, 0.15) is 33.6 Å². The topological polar surface area (TPSA) is 148 Å². The van der Waals surface area contributed by atoms with Gasteiger partial charge in [0.05, 0.1) is 23.2 Å². The number of carbonyl (C=O) groups is 1. The SMILES string of the molecule is CN(Cc1csc(C(=O)c2cncnc2N[C@@H]2C[C@H](COS(N)(=O)=O)[C@@H](O)C2)c1)c1cccc(Cl)c1. The van der Waals surface area contributed by atoms with Crippen LogP contribution in [0.3, 0.4) is 0 Å². The fourth-order valence-electron chi connectivity index (χ4n) is 4.18. The van der Waals surface area contributed by atoms with Crippen molar-refractivity contribution < 1.29 is 22.5 Å². The number of hydrogen-bond acceptors (Lipinski definition) is 10. The molecule has 2 aromatic heterocycles. The number of aliphatic hydroxyl groups is 1. The van der Waals surface area contributed by atoms with Crippen molar-refractivity contribution in [3.05, 3.63) is 69.3 Å². The lowest BCUT2D eigenvalue weighted by Crippen LogP contribution is -2.24. The maximum absolute atomic E-state index is 13.3. The summed E-state index contributed by atoms with van der Waals surface area (Å²) in [5.74, 6) is -0.281. The standard InChI is InChI=1S/C23H26ClN5O5S2/c1-29(18-4-2-3-16(24)7-18)10-14-5-21(35-12-14)22(31)19-9-26-13-27-23(19)28-17-6-15(20(30)8-17)11-34-36(25,32)33/h2-5,7,9,12-13,15,17,20,30H,6,8,10-11H2,1H3,(H2,25,32,33)(H,26,27,28)/t15-,17-,20+/m1/s1. The van der Waals surface area contributed by atoms with Gasteiger partial charge in [0, 0.05) is 42.5 Å². The molecule has 3 aromatic rings. The molecule has 1 aliphatic carbocycles. The number of ketones is 1. The average molecular weight is 552 g/mol. The molecular weight excluding hydrogens is 526 g/mol. The van der Waals surface area contributed by atoms with E-state index in [4.69, 9.17) is 16.7 Å². The summed E-state index contributed by atoms with van der Waals surface area (Å²) in [6.45, 7) is 0.387. The minimum Gasteiger partial charge on any atom is -0.393 e.